The number of hydrogen-bond acceptors (Lipinski definition) is 2. The molecule has 1 aliphatic heterocycles. The molecule has 0 unspecified atom stereocenters. The Bertz CT molecular complexity index is 146. The van der Waals surface area contributed by atoms with Gasteiger partial charge in [-0.25, -0.2) is 0 Å². The Hall–Kier alpha value is -0.500. The Kier molecular flexibility index (Phi) is 2.55. The van der Waals surface area contributed by atoms with E-state index < -0.39 is 0 Å². The van der Waals surface area contributed by atoms with Gasteiger partial charge in [-0.3, -0.25) is 4.90 Å². The van der Waals surface area contributed by atoms with E-state index in [1.54, 1.807) is 0 Å². The van der Waals surface area contributed by atoms with E-state index in [-0.39, 0.29) is 0 Å². The summed E-state index contributed by atoms with van der Waals surface area (Å²) in [6, 6.07) is 1.34. The van der Waals surface area contributed by atoms with Crippen molar-refractivity contribution in [3.63, 3.8) is 0 Å². The molecule has 2 nitrogen and oxygen atoms in total. The van der Waals surface area contributed by atoms with Crippen LogP contribution in [0.3, 0.4) is 0 Å². The van der Waals surface area contributed by atoms with Gasteiger partial charge in [0.25, 0.3) is 0 Å². The SMILES string of the molecule is C=C(C)NC1CN(C(C)C)C1. The Balaban J connectivity index is 2.14. The van der Waals surface area contributed by atoms with Crippen LogP contribution in [0.2, 0.25) is 0 Å². The van der Waals surface area contributed by atoms with Gasteiger partial charge in [0.05, 0.1) is 6.04 Å². The molecule has 0 aromatic heterocycles. The van der Waals surface area contributed by atoms with Crippen LogP contribution in [0.1, 0.15) is 20.8 Å². The highest BCUT2D eigenvalue weighted by molar-refractivity contribution is 4.96. The maximum atomic E-state index is 3.82. The summed E-state index contributed by atoms with van der Waals surface area (Å²) in [5.74, 6) is 0. The van der Waals surface area contributed by atoms with Crippen LogP contribution in [0, 0.1) is 0 Å². The maximum absolute atomic E-state index is 3.82. The molecule has 0 aromatic carbocycles. The lowest BCUT2D eigenvalue weighted by molar-refractivity contribution is 0.0977. The molecule has 0 aliphatic carbocycles. The average molecular weight is 154 g/mol. The molecule has 0 aromatic rings. The molecule has 1 rings (SSSR count). The molecule has 0 bridgehead atoms. The standard InChI is InChI=1S/C9H18N2/c1-7(2)10-9-5-11(6-9)8(3)4/h8-10H,1,5-6H2,2-4H3. The first kappa shape index (κ1) is 8.60. The van der Waals surface area contributed by atoms with Crippen molar-refractivity contribution >= 4 is 0 Å². The zero-order chi connectivity index (χ0) is 8.43. The summed E-state index contributed by atoms with van der Waals surface area (Å²) in [5, 5.41) is 3.33. The van der Waals surface area contributed by atoms with E-state index >= 15 is 0 Å². The predicted octanol–water partition coefficient (Wildman–Crippen LogP) is 1.20. The smallest absolute Gasteiger partial charge is 0.0512 e. The zero-order valence-electron chi connectivity index (χ0n) is 7.72. The van der Waals surface area contributed by atoms with Crippen molar-refractivity contribution in [3.8, 4) is 0 Å². The second kappa shape index (κ2) is 3.26. The average Bonchev–Trinajstić information content (AvgIpc) is 1.75. The van der Waals surface area contributed by atoms with Gasteiger partial charge < -0.3 is 5.32 Å². The van der Waals surface area contributed by atoms with Gasteiger partial charge in [-0.2, -0.15) is 0 Å². The lowest BCUT2D eigenvalue weighted by Crippen LogP contribution is -2.59. The van der Waals surface area contributed by atoms with Gasteiger partial charge in [-0.15, -0.1) is 0 Å². The molecule has 0 atom stereocenters. The third kappa shape index (κ3) is 2.22. The minimum absolute atomic E-state index is 0.648. The molecular weight excluding hydrogens is 136 g/mol. The van der Waals surface area contributed by atoms with Gasteiger partial charge in [-0.1, -0.05) is 6.58 Å². The molecule has 1 aliphatic rings. The molecule has 0 saturated carbocycles. The van der Waals surface area contributed by atoms with Gasteiger partial charge in [0.2, 0.25) is 0 Å². The van der Waals surface area contributed by atoms with E-state index in [1.807, 2.05) is 6.92 Å². The second-order valence-electron chi connectivity index (χ2n) is 3.67. The van der Waals surface area contributed by atoms with Crippen molar-refractivity contribution < 1.29 is 0 Å². The highest BCUT2D eigenvalue weighted by atomic mass is 15.3. The fraction of sp³-hybridized carbons (Fsp3) is 0.778. The van der Waals surface area contributed by atoms with Crippen LogP contribution >= 0.6 is 0 Å². The Morgan fingerprint density at radius 3 is 2.45 bits per heavy atom. The molecule has 11 heavy (non-hydrogen) atoms. The van der Waals surface area contributed by atoms with E-state index in [0.717, 1.165) is 5.70 Å². The summed E-state index contributed by atoms with van der Waals surface area (Å²) in [6.07, 6.45) is 0. The van der Waals surface area contributed by atoms with Gasteiger partial charge in [0, 0.05) is 24.8 Å². The molecule has 2 heteroatoms. The van der Waals surface area contributed by atoms with Crippen molar-refractivity contribution in [3.05, 3.63) is 12.3 Å². The van der Waals surface area contributed by atoms with Crippen LogP contribution in [-0.2, 0) is 0 Å². The zero-order valence-corrected chi connectivity index (χ0v) is 7.72. The summed E-state index contributed by atoms with van der Waals surface area (Å²) in [4.78, 5) is 2.45. The molecule has 0 spiro atoms. The summed E-state index contributed by atoms with van der Waals surface area (Å²) in [7, 11) is 0. The number of hydrogen-bond donors (Lipinski definition) is 1. The normalized spacial score (nSPS) is 20.0. The van der Waals surface area contributed by atoms with E-state index in [9.17, 15) is 0 Å². The molecule has 1 heterocycles. The van der Waals surface area contributed by atoms with Gasteiger partial charge >= 0.3 is 0 Å². The highest BCUT2D eigenvalue weighted by Gasteiger charge is 2.27. The number of allylic oxidation sites excluding steroid dienone is 1. The minimum atomic E-state index is 0.648. The predicted molar refractivity (Wildman–Crippen MR) is 48.4 cm³/mol. The Morgan fingerprint density at radius 1 is 1.55 bits per heavy atom. The fourth-order valence-corrected chi connectivity index (χ4v) is 1.37. The quantitative estimate of drug-likeness (QED) is 0.657. The fourth-order valence-electron chi connectivity index (χ4n) is 1.37. The Morgan fingerprint density at radius 2 is 2.09 bits per heavy atom. The van der Waals surface area contributed by atoms with Crippen LogP contribution < -0.4 is 5.32 Å². The third-order valence-electron chi connectivity index (χ3n) is 2.09. The van der Waals surface area contributed by atoms with Gasteiger partial charge in [0.15, 0.2) is 0 Å². The van der Waals surface area contributed by atoms with Crippen molar-refractivity contribution in [1.82, 2.24) is 10.2 Å². The highest BCUT2D eigenvalue weighted by Crippen LogP contribution is 2.11. The minimum Gasteiger partial charge on any atom is -0.384 e. The number of rotatable bonds is 3. The van der Waals surface area contributed by atoms with Crippen molar-refractivity contribution in [1.29, 1.82) is 0 Å². The first-order valence-corrected chi connectivity index (χ1v) is 4.25. The van der Waals surface area contributed by atoms with E-state index in [4.69, 9.17) is 0 Å². The summed E-state index contributed by atoms with van der Waals surface area (Å²) < 4.78 is 0. The topological polar surface area (TPSA) is 15.3 Å². The molecule has 0 amide bonds. The largest absolute Gasteiger partial charge is 0.384 e. The number of nitrogens with zero attached hydrogens (tertiary/aromatic N) is 1. The molecule has 64 valence electrons. The summed E-state index contributed by atoms with van der Waals surface area (Å²) in [5.41, 5.74) is 1.08. The van der Waals surface area contributed by atoms with Crippen LogP contribution in [0.4, 0.5) is 0 Å². The van der Waals surface area contributed by atoms with E-state index in [1.165, 1.54) is 13.1 Å². The molecule has 0 radical (unpaired) electrons. The van der Waals surface area contributed by atoms with Crippen molar-refractivity contribution in [2.24, 2.45) is 0 Å². The first-order chi connectivity index (χ1) is 5.09. The number of likely N-dealkylation sites (tertiary alicyclic amines) is 1. The molecule has 1 N–H and O–H groups in total. The monoisotopic (exact) mass is 154 g/mol. The third-order valence-corrected chi connectivity index (χ3v) is 2.09. The van der Waals surface area contributed by atoms with E-state index in [0.29, 0.717) is 12.1 Å². The van der Waals surface area contributed by atoms with E-state index in [2.05, 4.69) is 30.6 Å². The molecular formula is C9H18N2. The van der Waals surface area contributed by atoms with Crippen molar-refractivity contribution in [2.75, 3.05) is 13.1 Å². The molecule has 1 saturated heterocycles. The van der Waals surface area contributed by atoms with Crippen LogP contribution in [0.5, 0.6) is 0 Å². The van der Waals surface area contributed by atoms with Crippen LogP contribution in [0.25, 0.3) is 0 Å². The summed E-state index contributed by atoms with van der Waals surface area (Å²) in [6.45, 7) is 12.6. The van der Waals surface area contributed by atoms with Crippen LogP contribution in [-0.4, -0.2) is 30.1 Å². The lowest BCUT2D eigenvalue weighted by Gasteiger charge is -2.42. The van der Waals surface area contributed by atoms with Crippen molar-refractivity contribution in [2.45, 2.75) is 32.9 Å². The van der Waals surface area contributed by atoms with Gasteiger partial charge in [-0.05, 0) is 20.8 Å². The number of nitrogens with one attached hydrogen (secondary N) is 1. The Labute approximate surface area is 69.3 Å². The second-order valence-corrected chi connectivity index (χ2v) is 3.67. The summed E-state index contributed by atoms with van der Waals surface area (Å²) >= 11 is 0. The van der Waals surface area contributed by atoms with Gasteiger partial charge in [0.1, 0.15) is 0 Å². The van der Waals surface area contributed by atoms with Crippen LogP contribution in [0.15, 0.2) is 12.3 Å². The lowest BCUT2D eigenvalue weighted by atomic mass is 10.1. The molecule has 1 fully saturated rings. The first-order valence-electron chi connectivity index (χ1n) is 4.25. The maximum Gasteiger partial charge on any atom is 0.0512 e.